The summed E-state index contributed by atoms with van der Waals surface area (Å²) in [6.07, 6.45) is 7.05. The molecule has 1 saturated heterocycles. The maximum atomic E-state index is 2.37. The van der Waals surface area contributed by atoms with Crippen LogP contribution < -0.4 is 0 Å². The van der Waals surface area contributed by atoms with Gasteiger partial charge < -0.3 is 0 Å². The molecule has 0 aromatic heterocycles. The molecule has 1 atom stereocenters. The monoisotopic (exact) mass is 186 g/mol. The summed E-state index contributed by atoms with van der Waals surface area (Å²) in [6.45, 7) is 7.09. The van der Waals surface area contributed by atoms with Crippen molar-refractivity contribution >= 4 is 11.8 Å². The zero-order valence-corrected chi connectivity index (χ0v) is 9.54. The van der Waals surface area contributed by atoms with Crippen molar-refractivity contribution in [3.05, 3.63) is 0 Å². The first-order valence-corrected chi connectivity index (χ1v) is 6.41. The highest BCUT2D eigenvalue weighted by molar-refractivity contribution is 8.00. The molecule has 0 saturated carbocycles. The number of hydrogen-bond acceptors (Lipinski definition) is 1. The number of hydrogen-bond donors (Lipinski definition) is 0. The molecule has 0 aromatic rings. The molecular formula is C11H22S. The van der Waals surface area contributed by atoms with Crippen molar-refractivity contribution in [2.75, 3.05) is 5.75 Å². The van der Waals surface area contributed by atoms with E-state index < -0.39 is 0 Å². The van der Waals surface area contributed by atoms with Crippen LogP contribution >= 0.6 is 11.8 Å². The van der Waals surface area contributed by atoms with Crippen LogP contribution in [0.15, 0.2) is 0 Å². The van der Waals surface area contributed by atoms with Crippen molar-refractivity contribution in [2.45, 2.75) is 57.6 Å². The predicted molar refractivity (Wildman–Crippen MR) is 58.8 cm³/mol. The fourth-order valence-electron chi connectivity index (χ4n) is 2.59. The third-order valence-electron chi connectivity index (χ3n) is 3.52. The van der Waals surface area contributed by atoms with E-state index in [0.717, 1.165) is 5.92 Å². The van der Waals surface area contributed by atoms with Crippen LogP contribution in [0.1, 0.15) is 52.9 Å². The zero-order valence-electron chi connectivity index (χ0n) is 8.73. The molecule has 1 aliphatic rings. The molecule has 0 spiro atoms. The Bertz CT molecular complexity index is 127. The van der Waals surface area contributed by atoms with Crippen molar-refractivity contribution < 1.29 is 0 Å². The van der Waals surface area contributed by atoms with Gasteiger partial charge in [0.2, 0.25) is 0 Å². The third-order valence-corrected chi connectivity index (χ3v) is 5.50. The van der Waals surface area contributed by atoms with Crippen molar-refractivity contribution in [1.29, 1.82) is 0 Å². The number of rotatable bonds is 3. The van der Waals surface area contributed by atoms with E-state index in [1.54, 1.807) is 0 Å². The van der Waals surface area contributed by atoms with Crippen molar-refractivity contribution in [3.63, 3.8) is 0 Å². The van der Waals surface area contributed by atoms with Crippen molar-refractivity contribution in [1.82, 2.24) is 0 Å². The van der Waals surface area contributed by atoms with Crippen LogP contribution in [0.4, 0.5) is 0 Å². The van der Waals surface area contributed by atoms with E-state index in [-0.39, 0.29) is 0 Å². The number of thioether (sulfide) groups is 1. The minimum absolute atomic E-state index is 0.646. The molecule has 12 heavy (non-hydrogen) atoms. The van der Waals surface area contributed by atoms with Gasteiger partial charge in [0.1, 0.15) is 0 Å². The molecule has 0 amide bonds. The van der Waals surface area contributed by atoms with E-state index in [9.17, 15) is 0 Å². The summed E-state index contributed by atoms with van der Waals surface area (Å²) in [4.78, 5) is 0. The molecule has 0 radical (unpaired) electrons. The molecule has 72 valence electrons. The van der Waals surface area contributed by atoms with Crippen LogP contribution in [0.25, 0.3) is 0 Å². The highest BCUT2D eigenvalue weighted by Gasteiger charge is 2.36. The molecule has 1 heterocycles. The Morgan fingerprint density at radius 3 is 2.33 bits per heavy atom. The van der Waals surface area contributed by atoms with E-state index in [0.29, 0.717) is 4.75 Å². The second-order valence-corrected chi connectivity index (χ2v) is 5.38. The molecule has 1 unspecified atom stereocenters. The third kappa shape index (κ3) is 1.81. The van der Waals surface area contributed by atoms with E-state index in [2.05, 4.69) is 32.5 Å². The standard InChI is InChI=1S/C11H22S/c1-4-10-8-7-9-12-11(10,5-2)6-3/h10H,4-9H2,1-3H3. The Labute approximate surface area is 81.5 Å². The van der Waals surface area contributed by atoms with Gasteiger partial charge in [0, 0.05) is 4.75 Å². The molecule has 1 fully saturated rings. The van der Waals surface area contributed by atoms with Gasteiger partial charge in [-0.05, 0) is 37.4 Å². The molecule has 1 aliphatic heterocycles. The largest absolute Gasteiger partial charge is 0.155 e. The fourth-order valence-corrected chi connectivity index (χ4v) is 4.24. The van der Waals surface area contributed by atoms with Gasteiger partial charge in [0.05, 0.1) is 0 Å². The van der Waals surface area contributed by atoms with Gasteiger partial charge in [-0.25, -0.2) is 0 Å². The van der Waals surface area contributed by atoms with E-state index >= 15 is 0 Å². The zero-order chi connectivity index (χ0) is 9.03. The smallest absolute Gasteiger partial charge is 0.0182 e. The quantitative estimate of drug-likeness (QED) is 0.639. The summed E-state index contributed by atoms with van der Waals surface area (Å²) in [6, 6.07) is 0. The maximum Gasteiger partial charge on any atom is 0.0182 e. The van der Waals surface area contributed by atoms with Crippen LogP contribution in [0.5, 0.6) is 0 Å². The van der Waals surface area contributed by atoms with Crippen molar-refractivity contribution in [3.8, 4) is 0 Å². The second-order valence-electron chi connectivity index (χ2n) is 3.87. The van der Waals surface area contributed by atoms with Gasteiger partial charge in [-0.1, -0.05) is 27.2 Å². The average molecular weight is 186 g/mol. The molecule has 1 heteroatoms. The maximum absolute atomic E-state index is 2.37. The van der Waals surface area contributed by atoms with Crippen LogP contribution in [0.2, 0.25) is 0 Å². The molecule has 0 aromatic carbocycles. The lowest BCUT2D eigenvalue weighted by Gasteiger charge is -2.42. The van der Waals surface area contributed by atoms with Gasteiger partial charge in [-0.2, -0.15) is 11.8 Å². The summed E-state index contributed by atoms with van der Waals surface area (Å²) in [5.41, 5.74) is 0. The van der Waals surface area contributed by atoms with Crippen LogP contribution in [0.3, 0.4) is 0 Å². The highest BCUT2D eigenvalue weighted by atomic mass is 32.2. The lowest BCUT2D eigenvalue weighted by atomic mass is 9.81. The van der Waals surface area contributed by atoms with Gasteiger partial charge in [-0.15, -0.1) is 0 Å². The summed E-state index contributed by atoms with van der Waals surface area (Å²) < 4.78 is 0.646. The average Bonchev–Trinajstić information content (AvgIpc) is 2.17. The molecule has 0 nitrogen and oxygen atoms in total. The summed E-state index contributed by atoms with van der Waals surface area (Å²) in [7, 11) is 0. The summed E-state index contributed by atoms with van der Waals surface area (Å²) in [5, 5.41) is 0. The fraction of sp³-hybridized carbons (Fsp3) is 1.00. The first-order valence-electron chi connectivity index (χ1n) is 5.43. The Hall–Kier alpha value is 0.350. The lowest BCUT2D eigenvalue weighted by Crippen LogP contribution is -2.36. The Morgan fingerprint density at radius 2 is 1.92 bits per heavy atom. The Kier molecular flexibility index (Phi) is 3.95. The van der Waals surface area contributed by atoms with Gasteiger partial charge in [0.15, 0.2) is 0 Å². The van der Waals surface area contributed by atoms with Crippen LogP contribution in [0, 0.1) is 5.92 Å². The summed E-state index contributed by atoms with van der Waals surface area (Å²) in [5.74, 6) is 2.39. The Morgan fingerprint density at radius 1 is 1.25 bits per heavy atom. The normalized spacial score (nSPS) is 28.8. The lowest BCUT2D eigenvalue weighted by molar-refractivity contribution is 0.312. The SMILES string of the molecule is CCC1CCCSC1(CC)CC. The molecule has 0 aliphatic carbocycles. The minimum Gasteiger partial charge on any atom is -0.155 e. The van der Waals surface area contributed by atoms with E-state index in [4.69, 9.17) is 0 Å². The minimum atomic E-state index is 0.646. The topological polar surface area (TPSA) is 0 Å². The predicted octanol–water partition coefficient (Wildman–Crippen LogP) is 4.10. The second kappa shape index (κ2) is 4.55. The molecular weight excluding hydrogens is 164 g/mol. The first-order chi connectivity index (χ1) is 5.79. The van der Waals surface area contributed by atoms with Gasteiger partial charge in [0.25, 0.3) is 0 Å². The van der Waals surface area contributed by atoms with Crippen molar-refractivity contribution in [2.24, 2.45) is 5.92 Å². The molecule has 1 rings (SSSR count). The van der Waals surface area contributed by atoms with Gasteiger partial charge in [-0.3, -0.25) is 0 Å². The summed E-state index contributed by atoms with van der Waals surface area (Å²) >= 11 is 2.24. The molecule has 0 bridgehead atoms. The highest BCUT2D eigenvalue weighted by Crippen LogP contribution is 2.47. The van der Waals surface area contributed by atoms with E-state index in [1.807, 2.05) is 0 Å². The first kappa shape index (κ1) is 10.4. The van der Waals surface area contributed by atoms with E-state index in [1.165, 1.54) is 37.9 Å². The van der Waals surface area contributed by atoms with Crippen LogP contribution in [-0.2, 0) is 0 Å². The van der Waals surface area contributed by atoms with Gasteiger partial charge >= 0.3 is 0 Å². The van der Waals surface area contributed by atoms with Crippen LogP contribution in [-0.4, -0.2) is 10.5 Å². The molecule has 0 N–H and O–H groups in total. The Balaban J connectivity index is 2.66.